The summed E-state index contributed by atoms with van der Waals surface area (Å²) in [5.74, 6) is 0.658. The van der Waals surface area contributed by atoms with Crippen LogP contribution in [0.1, 0.15) is 80.9 Å². The molecule has 7 rings (SSSR count). The van der Waals surface area contributed by atoms with Crippen molar-refractivity contribution in [2.45, 2.75) is 93.5 Å². The van der Waals surface area contributed by atoms with Crippen molar-refractivity contribution in [1.82, 2.24) is 14.8 Å². The maximum atomic E-state index is 14.2. The van der Waals surface area contributed by atoms with E-state index >= 15 is 0 Å². The van der Waals surface area contributed by atoms with Crippen molar-refractivity contribution in [2.24, 2.45) is 0 Å². The van der Waals surface area contributed by atoms with Gasteiger partial charge in [0.2, 0.25) is 17.7 Å². The van der Waals surface area contributed by atoms with E-state index in [4.69, 9.17) is 0 Å². The third-order valence-corrected chi connectivity index (χ3v) is 10.7. The van der Waals surface area contributed by atoms with E-state index in [2.05, 4.69) is 27.6 Å². The molecular formula is C32H39N5O3. The van der Waals surface area contributed by atoms with E-state index in [1.807, 2.05) is 35.2 Å². The van der Waals surface area contributed by atoms with Crippen LogP contribution < -0.4 is 10.6 Å². The van der Waals surface area contributed by atoms with Gasteiger partial charge in [0, 0.05) is 24.0 Å². The van der Waals surface area contributed by atoms with E-state index < -0.39 is 11.0 Å². The number of piperazine rings is 1. The Bertz CT molecular complexity index is 1370. The normalized spacial score (nSPS) is 26.7. The van der Waals surface area contributed by atoms with E-state index in [0.717, 1.165) is 80.3 Å². The summed E-state index contributed by atoms with van der Waals surface area (Å²) in [5.41, 5.74) is 2.51. The molecule has 2 saturated carbocycles. The summed E-state index contributed by atoms with van der Waals surface area (Å²) in [6.45, 7) is 0.947. The summed E-state index contributed by atoms with van der Waals surface area (Å²) in [4.78, 5) is 49.6. The summed E-state index contributed by atoms with van der Waals surface area (Å²) in [7, 11) is 2.13. The van der Waals surface area contributed by atoms with E-state index in [-0.39, 0.29) is 29.8 Å². The van der Waals surface area contributed by atoms with Crippen molar-refractivity contribution in [3.63, 3.8) is 0 Å². The van der Waals surface area contributed by atoms with Gasteiger partial charge in [-0.15, -0.1) is 0 Å². The number of nitrogens with zero attached hydrogens (tertiary/aromatic N) is 3. The van der Waals surface area contributed by atoms with Gasteiger partial charge in [-0.2, -0.15) is 0 Å². The van der Waals surface area contributed by atoms with E-state index in [1.54, 1.807) is 6.20 Å². The lowest BCUT2D eigenvalue weighted by Crippen LogP contribution is -2.73. The van der Waals surface area contributed by atoms with Crippen molar-refractivity contribution in [3.8, 4) is 0 Å². The first-order chi connectivity index (χ1) is 19.4. The predicted octanol–water partition coefficient (Wildman–Crippen LogP) is 4.19. The standard InChI is InChI=1S/C32H39N5O3/c1-36-21-30(12-4-2-3-5-13-30)37(29(40)32(36)14-6-7-15-32)20-26(38)34-24-11-10-22-18-31(19-23(22)17-24)25-9-8-16-33-27(25)35-28(31)39/h8-11,16-17H,2-7,12-15,18-21H2,1H3,(H,34,38)(H,33,35,39)/t31-/m1/s1. The van der Waals surface area contributed by atoms with Crippen LogP contribution in [0.25, 0.3) is 0 Å². The largest absolute Gasteiger partial charge is 0.325 e. The van der Waals surface area contributed by atoms with Crippen molar-refractivity contribution in [1.29, 1.82) is 0 Å². The minimum atomic E-state index is -0.637. The molecule has 1 atom stereocenters. The highest BCUT2D eigenvalue weighted by Gasteiger charge is 2.57. The van der Waals surface area contributed by atoms with Gasteiger partial charge in [-0.1, -0.05) is 50.7 Å². The van der Waals surface area contributed by atoms with Gasteiger partial charge in [-0.3, -0.25) is 19.3 Å². The molecule has 0 unspecified atom stereocenters. The van der Waals surface area contributed by atoms with Crippen LogP contribution in [0.2, 0.25) is 0 Å². The maximum absolute atomic E-state index is 14.2. The summed E-state index contributed by atoms with van der Waals surface area (Å²) < 4.78 is 0. The van der Waals surface area contributed by atoms with Crippen molar-refractivity contribution < 1.29 is 14.4 Å². The number of anilines is 2. The average molecular weight is 542 g/mol. The molecule has 3 aliphatic carbocycles. The molecule has 40 heavy (non-hydrogen) atoms. The van der Waals surface area contributed by atoms with Crippen LogP contribution in [0.5, 0.6) is 0 Å². The molecule has 0 radical (unpaired) electrons. The average Bonchev–Trinajstić information content (AvgIpc) is 3.60. The number of aromatic nitrogens is 1. The van der Waals surface area contributed by atoms with Gasteiger partial charge in [0.1, 0.15) is 17.9 Å². The molecular weight excluding hydrogens is 502 g/mol. The Morgan fingerprint density at radius 1 is 0.975 bits per heavy atom. The highest BCUT2D eigenvalue weighted by atomic mass is 16.2. The van der Waals surface area contributed by atoms with Gasteiger partial charge in [0.15, 0.2) is 0 Å². The fourth-order valence-electron chi connectivity index (χ4n) is 8.61. The van der Waals surface area contributed by atoms with Crippen molar-refractivity contribution >= 4 is 29.2 Å². The molecule has 0 bridgehead atoms. The van der Waals surface area contributed by atoms with Crippen LogP contribution in [0.3, 0.4) is 0 Å². The number of carbonyl (C=O) groups excluding carboxylic acids is 3. The number of benzene rings is 1. The van der Waals surface area contributed by atoms with E-state index in [9.17, 15) is 14.4 Å². The van der Waals surface area contributed by atoms with Crippen molar-refractivity contribution in [2.75, 3.05) is 30.8 Å². The lowest BCUT2D eigenvalue weighted by molar-refractivity contribution is -0.166. The van der Waals surface area contributed by atoms with E-state index in [0.29, 0.717) is 18.7 Å². The molecule has 2 N–H and O–H groups in total. The van der Waals surface area contributed by atoms with Gasteiger partial charge >= 0.3 is 0 Å². The fourth-order valence-corrected chi connectivity index (χ4v) is 8.61. The molecule has 2 aliphatic heterocycles. The van der Waals surface area contributed by atoms with Crippen LogP contribution in [0.15, 0.2) is 36.5 Å². The molecule has 8 nitrogen and oxygen atoms in total. The van der Waals surface area contributed by atoms with Crippen LogP contribution in [0.4, 0.5) is 11.5 Å². The molecule has 5 aliphatic rings. The lowest BCUT2D eigenvalue weighted by atomic mass is 9.79. The number of fused-ring (bicyclic) bond motifs is 3. The maximum Gasteiger partial charge on any atom is 0.244 e. The Morgan fingerprint density at radius 2 is 1.70 bits per heavy atom. The summed E-state index contributed by atoms with van der Waals surface area (Å²) >= 11 is 0. The Morgan fingerprint density at radius 3 is 2.48 bits per heavy atom. The van der Waals surface area contributed by atoms with Crippen LogP contribution in [0, 0.1) is 0 Å². The highest BCUT2D eigenvalue weighted by molar-refractivity contribution is 6.06. The number of hydrogen-bond donors (Lipinski definition) is 2. The molecule has 2 aromatic rings. The first-order valence-electron chi connectivity index (χ1n) is 15.1. The molecule has 1 aromatic heterocycles. The molecule has 1 aromatic carbocycles. The minimum Gasteiger partial charge on any atom is -0.325 e. The quantitative estimate of drug-likeness (QED) is 0.608. The fraction of sp³-hybridized carbons (Fsp3) is 0.562. The smallest absolute Gasteiger partial charge is 0.244 e. The molecule has 3 amide bonds. The molecule has 3 fully saturated rings. The van der Waals surface area contributed by atoms with Gasteiger partial charge in [0.25, 0.3) is 0 Å². The van der Waals surface area contributed by atoms with Gasteiger partial charge in [0.05, 0.1) is 11.0 Å². The molecule has 3 spiro atoms. The lowest BCUT2D eigenvalue weighted by Gasteiger charge is -2.56. The minimum absolute atomic E-state index is 0.00824. The Hall–Kier alpha value is -3.26. The zero-order valence-corrected chi connectivity index (χ0v) is 23.4. The summed E-state index contributed by atoms with van der Waals surface area (Å²) in [6.07, 6.45) is 13.3. The van der Waals surface area contributed by atoms with Crippen LogP contribution in [-0.2, 0) is 32.6 Å². The zero-order chi connectivity index (χ0) is 27.5. The molecule has 210 valence electrons. The number of likely N-dealkylation sites (N-methyl/N-ethyl adjacent to an activating group) is 1. The SMILES string of the molecule is CN1CC2(CCCCCC2)N(CC(=O)Nc2ccc3c(c2)C[C@@]2(C3)C(=O)Nc3ncccc32)C(=O)C12CCCC2. The summed E-state index contributed by atoms with van der Waals surface area (Å²) in [5, 5.41) is 6.07. The van der Waals surface area contributed by atoms with Gasteiger partial charge in [-0.25, -0.2) is 4.98 Å². The Kier molecular flexibility index (Phi) is 6.04. The van der Waals surface area contributed by atoms with Crippen molar-refractivity contribution in [3.05, 3.63) is 53.2 Å². The highest BCUT2D eigenvalue weighted by Crippen LogP contribution is 2.48. The monoisotopic (exact) mass is 541 g/mol. The predicted molar refractivity (Wildman–Crippen MR) is 153 cm³/mol. The molecule has 8 heteroatoms. The van der Waals surface area contributed by atoms with E-state index in [1.165, 1.54) is 12.8 Å². The third-order valence-electron chi connectivity index (χ3n) is 10.7. The topological polar surface area (TPSA) is 94.6 Å². The Balaban J connectivity index is 1.12. The third kappa shape index (κ3) is 3.82. The zero-order valence-electron chi connectivity index (χ0n) is 23.4. The second-order valence-corrected chi connectivity index (χ2v) is 12.9. The first kappa shape index (κ1) is 25.7. The number of carbonyl (C=O) groups is 3. The summed E-state index contributed by atoms with van der Waals surface area (Å²) in [6, 6.07) is 9.84. The van der Waals surface area contributed by atoms with Gasteiger partial charge in [-0.05, 0) is 74.9 Å². The molecule has 1 saturated heterocycles. The first-order valence-corrected chi connectivity index (χ1v) is 15.1. The number of hydrogen-bond acceptors (Lipinski definition) is 5. The second-order valence-electron chi connectivity index (χ2n) is 12.9. The Labute approximate surface area is 235 Å². The number of rotatable bonds is 3. The number of pyridine rings is 1. The second kappa shape index (κ2) is 9.40. The van der Waals surface area contributed by atoms with Crippen LogP contribution >= 0.6 is 0 Å². The number of nitrogens with one attached hydrogen (secondary N) is 2. The molecule has 3 heterocycles. The van der Waals surface area contributed by atoms with Crippen LogP contribution in [-0.4, -0.2) is 63.7 Å². The van der Waals surface area contributed by atoms with Gasteiger partial charge < -0.3 is 15.5 Å². The number of amides is 3.